The van der Waals surface area contributed by atoms with Crippen molar-refractivity contribution in [1.29, 1.82) is 0 Å². The predicted molar refractivity (Wildman–Crippen MR) is 58.4 cm³/mol. The van der Waals surface area contributed by atoms with Crippen molar-refractivity contribution in [3.63, 3.8) is 0 Å². The van der Waals surface area contributed by atoms with Crippen LogP contribution < -0.4 is 0 Å². The van der Waals surface area contributed by atoms with Crippen molar-refractivity contribution in [2.24, 2.45) is 0 Å². The van der Waals surface area contributed by atoms with Gasteiger partial charge in [0.15, 0.2) is 6.21 Å². The van der Waals surface area contributed by atoms with E-state index in [0.717, 1.165) is 10.6 Å². The van der Waals surface area contributed by atoms with E-state index in [1.54, 1.807) is 0 Å². The van der Waals surface area contributed by atoms with Gasteiger partial charge in [-0.2, -0.15) is 0 Å². The minimum atomic E-state index is 0.733. The summed E-state index contributed by atoms with van der Waals surface area (Å²) < 4.78 is 1.92. The summed E-state index contributed by atoms with van der Waals surface area (Å²) in [4.78, 5) is 0. The van der Waals surface area contributed by atoms with Crippen LogP contribution >= 0.6 is 11.6 Å². The Labute approximate surface area is 84.0 Å². The predicted octanol–water partition coefficient (Wildman–Crippen LogP) is 2.61. The van der Waals surface area contributed by atoms with Crippen molar-refractivity contribution < 1.29 is 4.58 Å². The lowest BCUT2D eigenvalue weighted by atomic mass is 10.2. The van der Waals surface area contributed by atoms with Crippen LogP contribution in [0.5, 0.6) is 0 Å². The average molecular weight is 195 g/mol. The third kappa shape index (κ3) is 3.90. The van der Waals surface area contributed by atoms with Crippen molar-refractivity contribution in [1.82, 2.24) is 0 Å². The highest BCUT2D eigenvalue weighted by atomic mass is 35.5. The zero-order valence-corrected chi connectivity index (χ0v) is 8.62. The third-order valence-electron chi connectivity index (χ3n) is 1.49. The van der Waals surface area contributed by atoms with Gasteiger partial charge in [-0.1, -0.05) is 41.9 Å². The van der Waals surface area contributed by atoms with E-state index in [4.69, 9.17) is 11.6 Å². The fourth-order valence-electron chi connectivity index (χ4n) is 0.992. The van der Waals surface area contributed by atoms with Crippen LogP contribution in [-0.4, -0.2) is 24.9 Å². The third-order valence-corrected chi connectivity index (χ3v) is 1.69. The van der Waals surface area contributed by atoms with Crippen molar-refractivity contribution in [3.8, 4) is 0 Å². The molecule has 0 unspecified atom stereocenters. The van der Waals surface area contributed by atoms with E-state index in [1.807, 2.05) is 61.3 Å². The van der Waals surface area contributed by atoms with Gasteiger partial charge in [0.05, 0.1) is 0 Å². The van der Waals surface area contributed by atoms with Gasteiger partial charge >= 0.3 is 0 Å². The molecule has 0 aliphatic rings. The fourth-order valence-corrected chi connectivity index (χ4v) is 1.31. The monoisotopic (exact) mass is 194 g/mol. The molecule has 0 N–H and O–H groups in total. The van der Waals surface area contributed by atoms with Crippen LogP contribution in [0.15, 0.2) is 35.4 Å². The second-order valence-corrected chi connectivity index (χ2v) is 3.47. The Morgan fingerprint density at radius 3 is 2.38 bits per heavy atom. The van der Waals surface area contributed by atoms with Crippen molar-refractivity contribution >= 4 is 23.9 Å². The second kappa shape index (κ2) is 4.83. The van der Waals surface area contributed by atoms with E-state index < -0.39 is 0 Å². The van der Waals surface area contributed by atoms with Gasteiger partial charge in [-0.05, 0) is 11.6 Å². The van der Waals surface area contributed by atoms with Crippen LogP contribution in [0.1, 0.15) is 5.56 Å². The maximum Gasteiger partial charge on any atom is 0.181 e. The molecule has 0 aromatic heterocycles. The normalized spacial score (nSPS) is 11.2. The first-order valence-electron chi connectivity index (χ1n) is 4.12. The molecule has 1 aromatic rings. The first kappa shape index (κ1) is 10.0. The average Bonchev–Trinajstić information content (AvgIpc) is 2.04. The number of allylic oxidation sites excluding steroid dienone is 1. The van der Waals surface area contributed by atoms with Gasteiger partial charge in [-0.3, -0.25) is 0 Å². The first-order valence-corrected chi connectivity index (χ1v) is 4.50. The van der Waals surface area contributed by atoms with Crippen LogP contribution in [0.2, 0.25) is 0 Å². The summed E-state index contributed by atoms with van der Waals surface area (Å²) in [7, 11) is 3.89. The summed E-state index contributed by atoms with van der Waals surface area (Å²) in [5.74, 6) is 0. The molecule has 1 aromatic carbocycles. The van der Waals surface area contributed by atoms with Crippen molar-refractivity contribution in [3.05, 3.63) is 40.9 Å². The molecule has 0 bridgehead atoms. The highest BCUT2D eigenvalue weighted by Crippen LogP contribution is 2.07. The molecule has 0 spiro atoms. The van der Waals surface area contributed by atoms with Gasteiger partial charge in [-0.15, -0.1) is 0 Å². The van der Waals surface area contributed by atoms with Crippen LogP contribution in [-0.2, 0) is 0 Å². The molecule has 0 heterocycles. The molecule has 13 heavy (non-hydrogen) atoms. The summed E-state index contributed by atoms with van der Waals surface area (Å²) in [5, 5.41) is 0.733. The van der Waals surface area contributed by atoms with Gasteiger partial charge in [0.1, 0.15) is 19.1 Å². The molecule has 0 saturated heterocycles. The molecule has 1 rings (SSSR count). The fraction of sp³-hybridized carbons (Fsp3) is 0.182. The van der Waals surface area contributed by atoms with E-state index in [-0.39, 0.29) is 0 Å². The largest absolute Gasteiger partial charge is 0.240 e. The number of nitrogens with zero attached hydrogens (tertiary/aromatic N) is 1. The lowest BCUT2D eigenvalue weighted by Gasteiger charge is -1.91. The summed E-state index contributed by atoms with van der Waals surface area (Å²) in [6, 6.07) is 10.0. The minimum absolute atomic E-state index is 0.733. The Hall–Kier alpha value is -1.08. The van der Waals surface area contributed by atoms with Gasteiger partial charge in [0.25, 0.3) is 0 Å². The highest BCUT2D eigenvalue weighted by Gasteiger charge is 1.92. The van der Waals surface area contributed by atoms with Crippen molar-refractivity contribution in [2.75, 3.05) is 14.1 Å². The van der Waals surface area contributed by atoms with E-state index in [1.165, 1.54) is 0 Å². The Kier molecular flexibility index (Phi) is 3.71. The van der Waals surface area contributed by atoms with E-state index in [2.05, 4.69) is 0 Å². The van der Waals surface area contributed by atoms with Gasteiger partial charge < -0.3 is 0 Å². The Balaban J connectivity index is 2.83. The SMILES string of the molecule is C[N+](C)=CC(Cl)=Cc1ccccc1. The van der Waals surface area contributed by atoms with Crippen LogP contribution in [0.3, 0.4) is 0 Å². The number of rotatable bonds is 2. The number of benzene rings is 1. The Bertz CT molecular complexity index is 321. The zero-order valence-electron chi connectivity index (χ0n) is 7.87. The molecular weight excluding hydrogens is 182 g/mol. The number of hydrogen-bond acceptors (Lipinski definition) is 0. The molecule has 0 atom stereocenters. The summed E-state index contributed by atoms with van der Waals surface area (Å²) in [5.41, 5.74) is 1.12. The summed E-state index contributed by atoms with van der Waals surface area (Å²) in [6.45, 7) is 0. The van der Waals surface area contributed by atoms with Gasteiger partial charge in [0.2, 0.25) is 0 Å². The van der Waals surface area contributed by atoms with E-state index in [9.17, 15) is 0 Å². The smallest absolute Gasteiger partial charge is 0.181 e. The topological polar surface area (TPSA) is 3.01 Å². The van der Waals surface area contributed by atoms with E-state index in [0.29, 0.717) is 0 Å². The molecule has 1 nitrogen and oxygen atoms in total. The van der Waals surface area contributed by atoms with Crippen molar-refractivity contribution in [2.45, 2.75) is 0 Å². The van der Waals surface area contributed by atoms with Crippen LogP contribution in [0.25, 0.3) is 6.08 Å². The Morgan fingerprint density at radius 1 is 1.23 bits per heavy atom. The van der Waals surface area contributed by atoms with Crippen LogP contribution in [0, 0.1) is 0 Å². The first-order chi connectivity index (χ1) is 6.18. The molecule has 0 aliphatic heterocycles. The molecule has 0 aliphatic carbocycles. The molecular formula is C11H13ClN+. The lowest BCUT2D eigenvalue weighted by molar-refractivity contribution is -0.458. The standard InChI is InChI=1S/C11H13ClN/c1-13(2)9-11(12)8-10-6-4-3-5-7-10/h3-9H,1-2H3/q+1. The molecule has 0 radical (unpaired) electrons. The Morgan fingerprint density at radius 2 is 1.85 bits per heavy atom. The molecule has 0 saturated carbocycles. The summed E-state index contributed by atoms with van der Waals surface area (Å²) in [6.07, 6.45) is 3.80. The van der Waals surface area contributed by atoms with Crippen LogP contribution in [0.4, 0.5) is 0 Å². The minimum Gasteiger partial charge on any atom is -0.240 e. The highest BCUT2D eigenvalue weighted by molar-refractivity contribution is 6.40. The summed E-state index contributed by atoms with van der Waals surface area (Å²) >= 11 is 5.97. The lowest BCUT2D eigenvalue weighted by Crippen LogP contribution is -1.97. The molecule has 68 valence electrons. The number of hydrogen-bond donors (Lipinski definition) is 0. The maximum atomic E-state index is 5.97. The van der Waals surface area contributed by atoms with Gasteiger partial charge in [-0.25, -0.2) is 4.58 Å². The van der Waals surface area contributed by atoms with E-state index >= 15 is 0 Å². The number of halogens is 1. The maximum absolute atomic E-state index is 5.97. The van der Waals surface area contributed by atoms with Gasteiger partial charge in [0, 0.05) is 0 Å². The molecule has 2 heteroatoms. The zero-order chi connectivity index (χ0) is 9.68. The molecule has 0 fully saturated rings. The quantitative estimate of drug-likeness (QED) is 0.503. The second-order valence-electron chi connectivity index (χ2n) is 3.03. The molecule has 0 amide bonds.